The predicted octanol–water partition coefficient (Wildman–Crippen LogP) is 1.76. The van der Waals surface area contributed by atoms with Crippen LogP contribution in [-0.2, 0) is 9.53 Å². The summed E-state index contributed by atoms with van der Waals surface area (Å²) in [4.78, 5) is 23.1. The molecule has 1 aromatic carbocycles. The second-order valence-electron chi connectivity index (χ2n) is 3.83. The van der Waals surface area contributed by atoms with Crippen LogP contribution in [0.1, 0.15) is 10.4 Å². The van der Waals surface area contributed by atoms with E-state index in [9.17, 15) is 14.0 Å². The molecule has 1 N–H and O–H groups in total. The molecule has 1 aliphatic heterocycles. The Labute approximate surface area is 101 Å². The van der Waals surface area contributed by atoms with Crippen molar-refractivity contribution in [1.29, 1.82) is 0 Å². The number of benzene rings is 1. The molecule has 6 heteroatoms. The first-order valence-corrected chi connectivity index (χ1v) is 5.16. The quantitative estimate of drug-likeness (QED) is 0.663. The molecular formula is C11H8ClFO4. The number of Topliss-reactive ketones (excluding diaryl/α,β-unsaturated/α-hetero) is 1. The first-order chi connectivity index (χ1) is 7.97. The number of carboxylic acids is 1. The van der Waals surface area contributed by atoms with Gasteiger partial charge in [-0.1, -0.05) is 11.6 Å². The number of ketones is 1. The van der Waals surface area contributed by atoms with Crippen LogP contribution in [0.5, 0.6) is 0 Å². The van der Waals surface area contributed by atoms with Crippen LogP contribution in [-0.4, -0.2) is 30.1 Å². The molecule has 1 saturated heterocycles. The molecular weight excluding hydrogens is 251 g/mol. The van der Waals surface area contributed by atoms with Crippen LogP contribution >= 0.6 is 11.6 Å². The maximum Gasteiger partial charge on any atom is 0.322 e. The lowest BCUT2D eigenvalue weighted by molar-refractivity contribution is -0.169. The minimum Gasteiger partial charge on any atom is -0.480 e. The van der Waals surface area contributed by atoms with E-state index in [0.29, 0.717) is 0 Å². The highest BCUT2D eigenvalue weighted by Crippen LogP contribution is 2.33. The summed E-state index contributed by atoms with van der Waals surface area (Å²) in [5.74, 6) is -2.91. The van der Waals surface area contributed by atoms with Crippen LogP contribution in [0.2, 0.25) is 5.02 Å². The van der Waals surface area contributed by atoms with Crippen LogP contribution in [0.4, 0.5) is 4.39 Å². The van der Waals surface area contributed by atoms with Gasteiger partial charge in [0, 0.05) is 5.02 Å². The van der Waals surface area contributed by atoms with E-state index >= 15 is 0 Å². The molecule has 1 aliphatic rings. The highest BCUT2D eigenvalue weighted by Gasteiger charge is 2.53. The zero-order valence-corrected chi connectivity index (χ0v) is 9.33. The topological polar surface area (TPSA) is 63.6 Å². The Bertz CT molecular complexity index is 496. The van der Waals surface area contributed by atoms with Crippen molar-refractivity contribution in [3.05, 3.63) is 34.6 Å². The van der Waals surface area contributed by atoms with E-state index in [2.05, 4.69) is 0 Å². The molecule has 0 bridgehead atoms. The molecule has 0 saturated carbocycles. The lowest BCUT2D eigenvalue weighted by Crippen LogP contribution is -2.55. The first-order valence-electron chi connectivity index (χ1n) is 4.78. The third-order valence-corrected chi connectivity index (χ3v) is 2.95. The van der Waals surface area contributed by atoms with E-state index in [1.165, 1.54) is 6.07 Å². The number of carbonyl (C=O) groups is 2. The third kappa shape index (κ3) is 1.81. The van der Waals surface area contributed by atoms with Crippen LogP contribution in [0.15, 0.2) is 18.2 Å². The normalized spacial score (nSPS) is 17.3. The fourth-order valence-corrected chi connectivity index (χ4v) is 1.76. The third-order valence-electron chi connectivity index (χ3n) is 2.71. The molecule has 2 rings (SSSR count). The lowest BCUT2D eigenvalue weighted by Gasteiger charge is -2.35. The smallest absolute Gasteiger partial charge is 0.322 e. The molecule has 4 nitrogen and oxygen atoms in total. The number of aliphatic carboxylic acids is 1. The van der Waals surface area contributed by atoms with Gasteiger partial charge < -0.3 is 9.84 Å². The maximum atomic E-state index is 13.5. The Morgan fingerprint density at radius 1 is 1.41 bits per heavy atom. The molecule has 0 amide bonds. The van der Waals surface area contributed by atoms with Gasteiger partial charge in [-0.15, -0.1) is 0 Å². The van der Waals surface area contributed by atoms with E-state index < -0.39 is 23.0 Å². The number of hydrogen-bond acceptors (Lipinski definition) is 3. The molecule has 90 valence electrons. The van der Waals surface area contributed by atoms with Gasteiger partial charge in [0.05, 0.1) is 18.8 Å². The summed E-state index contributed by atoms with van der Waals surface area (Å²) in [5.41, 5.74) is -1.99. The summed E-state index contributed by atoms with van der Waals surface area (Å²) in [6.45, 7) is -0.486. The van der Waals surface area contributed by atoms with E-state index in [1.807, 2.05) is 0 Å². The van der Waals surface area contributed by atoms with Crippen molar-refractivity contribution < 1.29 is 23.8 Å². The number of hydrogen-bond donors (Lipinski definition) is 1. The average molecular weight is 259 g/mol. The van der Waals surface area contributed by atoms with E-state index in [1.54, 1.807) is 0 Å². The fraction of sp³-hybridized carbons (Fsp3) is 0.273. The summed E-state index contributed by atoms with van der Waals surface area (Å²) in [7, 11) is 0. The van der Waals surface area contributed by atoms with E-state index in [4.69, 9.17) is 21.4 Å². The lowest BCUT2D eigenvalue weighted by atomic mass is 9.78. The zero-order valence-electron chi connectivity index (χ0n) is 8.57. The van der Waals surface area contributed by atoms with Crippen LogP contribution in [0.25, 0.3) is 0 Å². The van der Waals surface area contributed by atoms with Crippen molar-refractivity contribution in [3.63, 3.8) is 0 Å². The summed E-state index contributed by atoms with van der Waals surface area (Å²) < 4.78 is 18.2. The van der Waals surface area contributed by atoms with Crippen LogP contribution in [0.3, 0.4) is 0 Å². The molecule has 17 heavy (non-hydrogen) atoms. The van der Waals surface area contributed by atoms with Gasteiger partial charge in [-0.2, -0.15) is 0 Å². The van der Waals surface area contributed by atoms with Gasteiger partial charge in [-0.25, -0.2) is 4.39 Å². The maximum absolute atomic E-state index is 13.5. The van der Waals surface area contributed by atoms with Gasteiger partial charge in [-0.3, -0.25) is 9.59 Å². The number of carbonyl (C=O) groups excluding carboxylic acids is 1. The van der Waals surface area contributed by atoms with Crippen LogP contribution < -0.4 is 0 Å². The van der Waals surface area contributed by atoms with Gasteiger partial charge >= 0.3 is 5.97 Å². The number of ether oxygens (including phenoxy) is 1. The Hall–Kier alpha value is -1.46. The molecule has 0 spiro atoms. The SMILES string of the molecule is O=C(O)C1(C(=O)c2cc(Cl)ccc2F)COC1. The monoisotopic (exact) mass is 258 g/mol. The zero-order chi connectivity index (χ0) is 12.6. The molecule has 0 atom stereocenters. The van der Waals surface area contributed by atoms with Gasteiger partial charge in [-0.05, 0) is 18.2 Å². The Morgan fingerprint density at radius 2 is 2.06 bits per heavy atom. The minimum atomic E-state index is -1.68. The molecule has 0 aliphatic carbocycles. The average Bonchev–Trinajstić information content (AvgIpc) is 2.19. The minimum absolute atomic E-state index is 0.176. The van der Waals surface area contributed by atoms with Gasteiger partial charge in [0.2, 0.25) is 0 Å². The van der Waals surface area contributed by atoms with Crippen molar-refractivity contribution in [1.82, 2.24) is 0 Å². The van der Waals surface area contributed by atoms with Crippen molar-refractivity contribution in [2.75, 3.05) is 13.2 Å². The van der Waals surface area contributed by atoms with Gasteiger partial charge in [0.1, 0.15) is 5.82 Å². The second kappa shape index (κ2) is 4.09. The van der Waals surface area contributed by atoms with Gasteiger partial charge in [0.25, 0.3) is 0 Å². The van der Waals surface area contributed by atoms with E-state index in [0.717, 1.165) is 12.1 Å². The number of carboxylic acid groups (broad SMARTS) is 1. The highest BCUT2D eigenvalue weighted by atomic mass is 35.5. The van der Waals surface area contributed by atoms with Crippen molar-refractivity contribution in [3.8, 4) is 0 Å². The molecule has 0 radical (unpaired) electrons. The summed E-state index contributed by atoms with van der Waals surface area (Å²) in [6, 6.07) is 3.45. The van der Waals surface area contributed by atoms with Crippen molar-refractivity contribution in [2.24, 2.45) is 5.41 Å². The van der Waals surface area contributed by atoms with E-state index in [-0.39, 0.29) is 23.8 Å². The highest BCUT2D eigenvalue weighted by molar-refractivity contribution is 6.31. The first kappa shape index (κ1) is 12.0. The summed E-state index contributed by atoms with van der Waals surface area (Å²) in [5, 5.41) is 9.20. The number of halogens is 2. The predicted molar refractivity (Wildman–Crippen MR) is 56.6 cm³/mol. The molecule has 1 aromatic rings. The van der Waals surface area contributed by atoms with Crippen LogP contribution in [0, 0.1) is 11.2 Å². The Balaban J connectivity index is 2.43. The van der Waals surface area contributed by atoms with Crippen molar-refractivity contribution in [2.45, 2.75) is 0 Å². The molecule has 0 aromatic heterocycles. The summed E-state index contributed by atoms with van der Waals surface area (Å²) >= 11 is 5.65. The number of rotatable bonds is 3. The van der Waals surface area contributed by atoms with Crippen molar-refractivity contribution >= 4 is 23.4 Å². The molecule has 1 fully saturated rings. The molecule has 1 heterocycles. The standard InChI is InChI=1S/C11H8ClFO4/c12-6-1-2-8(13)7(3-6)9(14)11(10(15)16)4-17-5-11/h1-3H,4-5H2,(H,15,16). The second-order valence-corrected chi connectivity index (χ2v) is 4.27. The molecule has 0 unspecified atom stereocenters. The summed E-state index contributed by atoms with van der Waals surface area (Å²) in [6.07, 6.45) is 0. The fourth-order valence-electron chi connectivity index (χ4n) is 1.59. The largest absolute Gasteiger partial charge is 0.480 e. The van der Waals surface area contributed by atoms with Gasteiger partial charge in [0.15, 0.2) is 11.2 Å². The Morgan fingerprint density at radius 3 is 2.53 bits per heavy atom. The Kier molecular flexibility index (Phi) is 2.89.